The van der Waals surface area contributed by atoms with Gasteiger partial charge in [0, 0.05) is 13.1 Å². The van der Waals surface area contributed by atoms with Crippen LogP contribution in [-0.4, -0.2) is 30.4 Å². The maximum Gasteiger partial charge on any atom is 0.493 e. The fourth-order valence-corrected chi connectivity index (χ4v) is 1.95. The van der Waals surface area contributed by atoms with Gasteiger partial charge in [0.15, 0.2) is 0 Å². The van der Waals surface area contributed by atoms with Gasteiger partial charge in [-0.1, -0.05) is 0 Å². The van der Waals surface area contributed by atoms with Crippen molar-refractivity contribution in [3.8, 4) is 0 Å². The maximum atomic E-state index is 13.1. The normalized spacial score (nSPS) is 16.5. The van der Waals surface area contributed by atoms with Crippen LogP contribution in [0.15, 0.2) is 4.76 Å². The Kier molecular flexibility index (Phi) is 5.96. The molecule has 0 fully saturated rings. The van der Waals surface area contributed by atoms with Crippen LogP contribution in [0.1, 0.15) is 27.7 Å². The Morgan fingerprint density at radius 3 is 2.29 bits per heavy atom. The Bertz CT molecular complexity index is 241. The highest BCUT2D eigenvalue weighted by Gasteiger charge is 2.21. The monoisotopic (exact) mass is 224 g/mol. The van der Waals surface area contributed by atoms with E-state index in [2.05, 4.69) is 9.29 Å². The summed E-state index contributed by atoms with van der Waals surface area (Å²) >= 11 is 0. The second kappa shape index (κ2) is 6.14. The van der Waals surface area contributed by atoms with Crippen molar-refractivity contribution < 1.29 is 13.3 Å². The molecule has 0 aliphatic heterocycles. The highest BCUT2D eigenvalue weighted by Crippen LogP contribution is 2.50. The molecule has 0 N–H and O–H groups in total. The van der Waals surface area contributed by atoms with E-state index in [-0.39, 0.29) is 6.61 Å². The van der Waals surface area contributed by atoms with E-state index in [1.165, 1.54) is 0 Å². The van der Waals surface area contributed by atoms with Crippen LogP contribution in [0.4, 0.5) is 4.20 Å². The quantitative estimate of drug-likeness (QED) is 0.409. The average molecular weight is 224 g/mol. The van der Waals surface area contributed by atoms with Crippen LogP contribution in [0, 0.1) is 0 Å². The Labute approximate surface area is 84.8 Å². The molecule has 1 atom stereocenters. The smallest absolute Gasteiger partial charge is 0.361 e. The first-order valence-electron chi connectivity index (χ1n) is 4.72. The molecule has 4 nitrogen and oxygen atoms in total. The molecule has 0 heterocycles. The van der Waals surface area contributed by atoms with Gasteiger partial charge in [0.1, 0.15) is 5.84 Å². The number of hydrogen-bond donors (Lipinski definition) is 0. The molecule has 0 rings (SSSR count). The van der Waals surface area contributed by atoms with Gasteiger partial charge in [-0.15, -0.1) is 4.20 Å². The summed E-state index contributed by atoms with van der Waals surface area (Å²) in [5.41, 5.74) is 0. The zero-order chi connectivity index (χ0) is 11.2. The van der Waals surface area contributed by atoms with Crippen molar-refractivity contribution >= 4 is 13.7 Å². The molecule has 14 heavy (non-hydrogen) atoms. The van der Waals surface area contributed by atoms with Gasteiger partial charge in [0.2, 0.25) is 0 Å². The SMILES string of the molecule is CCOP(=O)(F)/N=C(/C)N(CC)CC. The van der Waals surface area contributed by atoms with Crippen LogP contribution in [0.3, 0.4) is 0 Å². The first-order valence-corrected chi connectivity index (χ1v) is 6.19. The van der Waals surface area contributed by atoms with E-state index in [0.29, 0.717) is 18.9 Å². The van der Waals surface area contributed by atoms with Gasteiger partial charge in [-0.05, 0) is 27.7 Å². The Balaban J connectivity index is 4.55. The van der Waals surface area contributed by atoms with Crippen LogP contribution in [0.25, 0.3) is 0 Å². The molecule has 84 valence electrons. The lowest BCUT2D eigenvalue weighted by atomic mass is 10.5. The average Bonchev–Trinajstić information content (AvgIpc) is 2.04. The van der Waals surface area contributed by atoms with Crippen molar-refractivity contribution in [1.29, 1.82) is 0 Å². The van der Waals surface area contributed by atoms with Gasteiger partial charge in [-0.2, -0.15) is 4.76 Å². The van der Waals surface area contributed by atoms with Crippen molar-refractivity contribution in [1.82, 2.24) is 4.90 Å². The molecular formula is C8H18FN2O2P. The first-order chi connectivity index (χ1) is 6.46. The van der Waals surface area contributed by atoms with Crippen LogP contribution < -0.4 is 0 Å². The van der Waals surface area contributed by atoms with Crippen LogP contribution in [0.5, 0.6) is 0 Å². The molecule has 0 saturated heterocycles. The van der Waals surface area contributed by atoms with Crippen LogP contribution in [0.2, 0.25) is 0 Å². The van der Waals surface area contributed by atoms with Gasteiger partial charge in [0.05, 0.1) is 6.61 Å². The predicted octanol–water partition coefficient (Wildman–Crippen LogP) is 2.86. The number of amidine groups is 1. The van der Waals surface area contributed by atoms with E-state index in [9.17, 15) is 8.76 Å². The molecule has 0 aliphatic rings. The minimum absolute atomic E-state index is 0.0583. The van der Waals surface area contributed by atoms with E-state index in [1.807, 2.05) is 18.7 Å². The van der Waals surface area contributed by atoms with Gasteiger partial charge in [-0.25, -0.2) is 4.57 Å². The van der Waals surface area contributed by atoms with Gasteiger partial charge < -0.3 is 4.90 Å². The fourth-order valence-electron chi connectivity index (χ4n) is 1.11. The van der Waals surface area contributed by atoms with Crippen molar-refractivity contribution in [2.24, 2.45) is 4.76 Å². The lowest BCUT2D eigenvalue weighted by Crippen LogP contribution is -2.28. The minimum Gasteiger partial charge on any atom is -0.361 e. The first kappa shape index (κ1) is 13.6. The molecule has 0 aromatic rings. The molecule has 0 amide bonds. The Morgan fingerprint density at radius 2 is 1.93 bits per heavy atom. The third-order valence-electron chi connectivity index (χ3n) is 1.77. The van der Waals surface area contributed by atoms with E-state index in [1.54, 1.807) is 13.8 Å². The lowest BCUT2D eigenvalue weighted by Gasteiger charge is -2.20. The third-order valence-corrected chi connectivity index (χ3v) is 2.88. The maximum absolute atomic E-state index is 13.1. The van der Waals surface area contributed by atoms with Gasteiger partial charge in [-0.3, -0.25) is 4.52 Å². The molecule has 0 spiro atoms. The molecule has 0 aromatic carbocycles. The summed E-state index contributed by atoms with van der Waals surface area (Å²) in [6, 6.07) is 0. The topological polar surface area (TPSA) is 41.9 Å². The summed E-state index contributed by atoms with van der Waals surface area (Å²) in [7, 11) is -4.28. The van der Waals surface area contributed by atoms with Gasteiger partial charge in [0.25, 0.3) is 0 Å². The van der Waals surface area contributed by atoms with E-state index in [0.717, 1.165) is 0 Å². The molecule has 0 saturated carbocycles. The standard InChI is InChI=1S/C8H18FN2O2P/c1-5-11(6-2)8(4)10-14(9,12)13-7-3/h5-7H2,1-4H3/b10-8-. The summed E-state index contributed by atoms with van der Waals surface area (Å²) in [6.45, 7) is 8.52. The van der Waals surface area contributed by atoms with E-state index < -0.39 is 7.83 Å². The van der Waals surface area contributed by atoms with Crippen LogP contribution in [-0.2, 0) is 9.09 Å². The molecule has 0 radical (unpaired) electrons. The number of halogens is 1. The molecule has 0 aromatic heterocycles. The van der Waals surface area contributed by atoms with E-state index in [4.69, 9.17) is 0 Å². The van der Waals surface area contributed by atoms with Crippen molar-refractivity contribution in [2.45, 2.75) is 27.7 Å². The summed E-state index contributed by atoms with van der Waals surface area (Å²) in [5.74, 6) is 0.411. The number of hydrogen-bond acceptors (Lipinski definition) is 2. The molecule has 1 unspecified atom stereocenters. The number of nitrogens with zero attached hydrogens (tertiary/aromatic N) is 2. The molecule has 6 heteroatoms. The van der Waals surface area contributed by atoms with Crippen LogP contribution >= 0.6 is 7.83 Å². The van der Waals surface area contributed by atoms with Gasteiger partial charge >= 0.3 is 7.83 Å². The summed E-state index contributed by atoms with van der Waals surface area (Å²) in [6.07, 6.45) is 0. The summed E-state index contributed by atoms with van der Waals surface area (Å²) in [5, 5.41) is 0. The zero-order valence-corrected chi connectivity index (χ0v) is 10.1. The third kappa shape index (κ3) is 4.72. The highest BCUT2D eigenvalue weighted by molar-refractivity contribution is 7.52. The van der Waals surface area contributed by atoms with Crippen molar-refractivity contribution in [3.63, 3.8) is 0 Å². The van der Waals surface area contributed by atoms with E-state index >= 15 is 0 Å². The second-order valence-electron chi connectivity index (χ2n) is 2.69. The second-order valence-corrected chi connectivity index (χ2v) is 4.05. The number of rotatable bonds is 5. The lowest BCUT2D eigenvalue weighted by molar-refractivity contribution is 0.304. The predicted molar refractivity (Wildman–Crippen MR) is 56.4 cm³/mol. The molecule has 0 aliphatic carbocycles. The Hall–Kier alpha value is -0.410. The largest absolute Gasteiger partial charge is 0.493 e. The zero-order valence-electron chi connectivity index (χ0n) is 9.16. The van der Waals surface area contributed by atoms with Crippen molar-refractivity contribution in [2.75, 3.05) is 19.7 Å². The summed E-state index contributed by atoms with van der Waals surface area (Å²) < 4.78 is 32.0. The fraction of sp³-hybridized carbons (Fsp3) is 0.875. The molecular weight excluding hydrogens is 206 g/mol. The Morgan fingerprint density at radius 1 is 1.43 bits per heavy atom. The summed E-state index contributed by atoms with van der Waals surface area (Å²) in [4.78, 5) is 1.81. The molecule has 0 bridgehead atoms. The minimum atomic E-state index is -4.28. The highest BCUT2D eigenvalue weighted by atomic mass is 31.2. The van der Waals surface area contributed by atoms with Crippen molar-refractivity contribution in [3.05, 3.63) is 0 Å².